The van der Waals surface area contributed by atoms with E-state index in [1.807, 2.05) is 4.90 Å². The van der Waals surface area contributed by atoms with E-state index in [0.717, 1.165) is 32.2 Å². The number of ether oxygens (including phenoxy) is 1. The fourth-order valence-corrected chi connectivity index (χ4v) is 2.59. The molecule has 0 aliphatic carbocycles. The molecule has 1 amide bonds. The van der Waals surface area contributed by atoms with Gasteiger partial charge in [-0.15, -0.1) is 0 Å². The first-order chi connectivity index (χ1) is 9.15. The lowest BCUT2D eigenvalue weighted by Crippen LogP contribution is -2.38. The van der Waals surface area contributed by atoms with Gasteiger partial charge in [-0.2, -0.15) is 0 Å². The van der Waals surface area contributed by atoms with Crippen LogP contribution < -0.4 is 4.74 Å². The van der Waals surface area contributed by atoms with Crippen molar-refractivity contribution in [3.8, 4) is 11.5 Å². The predicted octanol–water partition coefficient (Wildman–Crippen LogP) is 2.81. The normalized spacial score (nSPS) is 19.9. The summed E-state index contributed by atoms with van der Waals surface area (Å²) in [5.74, 6) is 0.172. The second-order valence-electron chi connectivity index (χ2n) is 5.05. The predicted molar refractivity (Wildman–Crippen MR) is 73.6 cm³/mol. The maximum absolute atomic E-state index is 12.6. The number of methoxy groups -OCH3 is 1. The number of amides is 1. The van der Waals surface area contributed by atoms with E-state index in [9.17, 15) is 9.90 Å². The van der Waals surface area contributed by atoms with Crippen molar-refractivity contribution in [1.29, 1.82) is 0 Å². The summed E-state index contributed by atoms with van der Waals surface area (Å²) < 4.78 is 5.05. The molecule has 0 saturated carbocycles. The van der Waals surface area contributed by atoms with Gasteiger partial charge in [0.2, 0.25) is 0 Å². The minimum absolute atomic E-state index is 0.0635. The molecule has 1 saturated heterocycles. The second kappa shape index (κ2) is 5.95. The smallest absolute Gasteiger partial charge is 0.257 e. The van der Waals surface area contributed by atoms with E-state index in [4.69, 9.17) is 4.74 Å². The SMILES string of the molecule is COc1cccc(C(=O)N2CCCCCC2C)c1O. The van der Waals surface area contributed by atoms with Gasteiger partial charge in [0.1, 0.15) is 0 Å². The van der Waals surface area contributed by atoms with Crippen LogP contribution in [0.15, 0.2) is 18.2 Å². The maximum atomic E-state index is 12.6. The van der Waals surface area contributed by atoms with Gasteiger partial charge < -0.3 is 14.7 Å². The first-order valence-electron chi connectivity index (χ1n) is 6.82. The van der Waals surface area contributed by atoms with Crippen molar-refractivity contribution in [3.63, 3.8) is 0 Å². The molecule has 0 spiro atoms. The Labute approximate surface area is 114 Å². The van der Waals surface area contributed by atoms with Crippen LogP contribution in [0.3, 0.4) is 0 Å². The Morgan fingerprint density at radius 2 is 2.16 bits per heavy atom. The van der Waals surface area contributed by atoms with Gasteiger partial charge in [0.15, 0.2) is 11.5 Å². The average Bonchev–Trinajstić information content (AvgIpc) is 2.63. The first kappa shape index (κ1) is 13.7. The highest BCUT2D eigenvalue weighted by molar-refractivity contribution is 5.97. The molecule has 1 N–H and O–H groups in total. The van der Waals surface area contributed by atoms with Crippen molar-refractivity contribution in [3.05, 3.63) is 23.8 Å². The van der Waals surface area contributed by atoms with E-state index in [2.05, 4.69) is 6.92 Å². The molecule has 2 rings (SSSR count). The van der Waals surface area contributed by atoms with Crippen molar-refractivity contribution in [2.75, 3.05) is 13.7 Å². The third kappa shape index (κ3) is 2.83. The number of phenolic OH excluding ortho intramolecular Hbond substituents is 1. The molecule has 0 bridgehead atoms. The third-order valence-corrected chi connectivity index (χ3v) is 3.76. The summed E-state index contributed by atoms with van der Waals surface area (Å²) in [5.41, 5.74) is 0.327. The highest BCUT2D eigenvalue weighted by Gasteiger charge is 2.25. The van der Waals surface area contributed by atoms with Crippen molar-refractivity contribution in [2.24, 2.45) is 0 Å². The van der Waals surface area contributed by atoms with Crippen LogP contribution in [-0.2, 0) is 0 Å². The molecule has 1 unspecified atom stereocenters. The number of nitrogens with zero attached hydrogens (tertiary/aromatic N) is 1. The van der Waals surface area contributed by atoms with Crippen molar-refractivity contribution in [2.45, 2.75) is 38.6 Å². The number of aromatic hydroxyl groups is 1. The molecule has 1 fully saturated rings. The van der Waals surface area contributed by atoms with Crippen LogP contribution in [0.4, 0.5) is 0 Å². The largest absolute Gasteiger partial charge is 0.504 e. The Bertz CT molecular complexity index is 459. The number of hydrogen-bond acceptors (Lipinski definition) is 3. The summed E-state index contributed by atoms with van der Waals surface area (Å²) in [6, 6.07) is 5.25. The molecule has 1 aliphatic heterocycles. The summed E-state index contributed by atoms with van der Waals surface area (Å²) in [7, 11) is 1.48. The number of benzene rings is 1. The number of para-hydroxylation sites is 1. The topological polar surface area (TPSA) is 49.8 Å². The molecular weight excluding hydrogens is 242 g/mol. The van der Waals surface area contributed by atoms with Gasteiger partial charge in [-0.25, -0.2) is 0 Å². The number of rotatable bonds is 2. The zero-order valence-corrected chi connectivity index (χ0v) is 11.6. The van der Waals surface area contributed by atoms with Crippen molar-refractivity contribution < 1.29 is 14.6 Å². The molecule has 19 heavy (non-hydrogen) atoms. The lowest BCUT2D eigenvalue weighted by Gasteiger charge is -2.27. The van der Waals surface area contributed by atoms with Crippen LogP contribution in [0.1, 0.15) is 43.0 Å². The molecule has 1 aromatic carbocycles. The summed E-state index contributed by atoms with van der Waals surface area (Å²) >= 11 is 0. The lowest BCUT2D eigenvalue weighted by atomic mass is 10.1. The van der Waals surface area contributed by atoms with Gasteiger partial charge in [0, 0.05) is 12.6 Å². The number of phenols is 1. The molecule has 1 aromatic rings. The van der Waals surface area contributed by atoms with Gasteiger partial charge in [-0.3, -0.25) is 4.79 Å². The number of carbonyl (C=O) groups is 1. The Hall–Kier alpha value is -1.71. The average molecular weight is 263 g/mol. The van der Waals surface area contributed by atoms with Crippen LogP contribution in [0.2, 0.25) is 0 Å². The van der Waals surface area contributed by atoms with Crippen LogP contribution >= 0.6 is 0 Å². The quantitative estimate of drug-likeness (QED) is 0.892. The Morgan fingerprint density at radius 3 is 2.89 bits per heavy atom. The van der Waals surface area contributed by atoms with E-state index < -0.39 is 0 Å². The second-order valence-corrected chi connectivity index (χ2v) is 5.05. The van der Waals surface area contributed by atoms with E-state index in [0.29, 0.717) is 11.3 Å². The number of hydrogen-bond donors (Lipinski definition) is 1. The number of likely N-dealkylation sites (tertiary alicyclic amines) is 1. The Kier molecular flexibility index (Phi) is 4.30. The van der Waals surface area contributed by atoms with Gasteiger partial charge in [0.25, 0.3) is 5.91 Å². The van der Waals surface area contributed by atoms with Crippen LogP contribution in [-0.4, -0.2) is 35.6 Å². The molecule has 1 aliphatic rings. The highest BCUT2D eigenvalue weighted by Crippen LogP contribution is 2.31. The summed E-state index contributed by atoms with van der Waals surface area (Å²) in [6.45, 7) is 2.83. The Morgan fingerprint density at radius 1 is 1.37 bits per heavy atom. The number of carbonyl (C=O) groups excluding carboxylic acids is 1. The molecule has 0 radical (unpaired) electrons. The molecule has 1 atom stereocenters. The minimum atomic E-state index is -0.106. The summed E-state index contributed by atoms with van der Waals surface area (Å²) in [4.78, 5) is 14.4. The molecule has 1 heterocycles. The van der Waals surface area contributed by atoms with Gasteiger partial charge in [0.05, 0.1) is 12.7 Å². The monoisotopic (exact) mass is 263 g/mol. The molecule has 4 heteroatoms. The van der Waals surface area contributed by atoms with E-state index in [1.54, 1.807) is 18.2 Å². The fraction of sp³-hybridized carbons (Fsp3) is 0.533. The van der Waals surface area contributed by atoms with Gasteiger partial charge in [-0.1, -0.05) is 18.9 Å². The van der Waals surface area contributed by atoms with Crippen LogP contribution in [0.25, 0.3) is 0 Å². The van der Waals surface area contributed by atoms with E-state index >= 15 is 0 Å². The lowest BCUT2D eigenvalue weighted by molar-refractivity contribution is 0.0694. The summed E-state index contributed by atoms with van der Waals surface area (Å²) in [5, 5.41) is 10.1. The van der Waals surface area contributed by atoms with Gasteiger partial charge in [-0.05, 0) is 31.9 Å². The van der Waals surface area contributed by atoms with Crippen LogP contribution in [0, 0.1) is 0 Å². The van der Waals surface area contributed by atoms with Crippen molar-refractivity contribution >= 4 is 5.91 Å². The summed E-state index contributed by atoms with van der Waals surface area (Å²) in [6.07, 6.45) is 4.38. The maximum Gasteiger partial charge on any atom is 0.257 e. The molecular formula is C15H21NO3. The third-order valence-electron chi connectivity index (χ3n) is 3.76. The molecule has 0 aromatic heterocycles. The zero-order chi connectivity index (χ0) is 13.8. The molecule has 4 nitrogen and oxygen atoms in total. The van der Waals surface area contributed by atoms with E-state index in [1.165, 1.54) is 7.11 Å². The first-order valence-corrected chi connectivity index (χ1v) is 6.82. The zero-order valence-electron chi connectivity index (χ0n) is 11.6. The minimum Gasteiger partial charge on any atom is -0.504 e. The highest BCUT2D eigenvalue weighted by atomic mass is 16.5. The standard InChI is InChI=1S/C15H21NO3/c1-11-7-4-3-5-10-16(11)15(18)12-8-6-9-13(19-2)14(12)17/h6,8-9,11,17H,3-5,7,10H2,1-2H3. The van der Waals surface area contributed by atoms with Crippen LogP contribution in [0.5, 0.6) is 11.5 Å². The fourth-order valence-electron chi connectivity index (χ4n) is 2.59. The van der Waals surface area contributed by atoms with Gasteiger partial charge >= 0.3 is 0 Å². The van der Waals surface area contributed by atoms with Crippen molar-refractivity contribution in [1.82, 2.24) is 4.90 Å². The molecule has 104 valence electrons. The Balaban J connectivity index is 2.27. The van der Waals surface area contributed by atoms with E-state index in [-0.39, 0.29) is 17.7 Å².